The lowest BCUT2D eigenvalue weighted by Gasteiger charge is -2.35. The Morgan fingerprint density at radius 1 is 0.311 bits per heavy atom. The molecule has 0 saturated heterocycles. The lowest BCUT2D eigenvalue weighted by Crippen LogP contribution is -2.28. The first-order chi connectivity index (χ1) is 30.0. The maximum Gasteiger partial charge on any atom is 0.0714 e. The number of hydrogen-bond acceptors (Lipinski definition) is 1. The lowest BCUT2D eigenvalue weighted by molar-refractivity contribution is 0.660. The summed E-state index contributed by atoms with van der Waals surface area (Å²) in [7, 11) is 0. The molecule has 0 radical (unpaired) electrons. The average molecular weight is 778 g/mol. The van der Waals surface area contributed by atoms with Crippen molar-refractivity contribution in [1.82, 2.24) is 0 Å². The van der Waals surface area contributed by atoms with Gasteiger partial charge in [0.05, 0.1) is 5.41 Å². The molecule has 0 saturated carbocycles. The molecule has 0 aliphatic heterocycles. The van der Waals surface area contributed by atoms with Crippen molar-refractivity contribution in [2.75, 3.05) is 4.90 Å². The number of anilines is 3. The summed E-state index contributed by atoms with van der Waals surface area (Å²) >= 11 is 0. The normalized spacial score (nSPS) is 14.0. The third-order valence-corrected chi connectivity index (χ3v) is 13.7. The SMILES string of the molecule is CC1(C)c2ccccc2-c2ccc(-c3cccc(N(c4ccc5c(c4)C(c4ccccc4)(c4ccccc4)c4ccccc4-5)c4ccc5c(ccc6ccccc65)c4)c3)cc21. The molecule has 0 bridgehead atoms. The van der Waals surface area contributed by atoms with Gasteiger partial charge in [0.25, 0.3) is 0 Å². The van der Waals surface area contributed by atoms with Gasteiger partial charge in [-0.2, -0.15) is 0 Å². The van der Waals surface area contributed by atoms with Crippen molar-refractivity contribution in [1.29, 1.82) is 0 Å². The van der Waals surface area contributed by atoms with E-state index in [9.17, 15) is 0 Å². The van der Waals surface area contributed by atoms with Crippen molar-refractivity contribution in [2.45, 2.75) is 24.7 Å². The summed E-state index contributed by atoms with van der Waals surface area (Å²) in [6, 6.07) is 83.7. The minimum absolute atomic E-state index is 0.0765. The number of rotatable bonds is 6. The molecule has 0 atom stereocenters. The minimum Gasteiger partial charge on any atom is -0.310 e. The van der Waals surface area contributed by atoms with E-state index in [-0.39, 0.29) is 5.41 Å². The Kier molecular flexibility index (Phi) is 7.86. The van der Waals surface area contributed by atoms with Gasteiger partial charge in [0.15, 0.2) is 0 Å². The van der Waals surface area contributed by atoms with Crippen LogP contribution in [-0.2, 0) is 10.8 Å². The molecule has 1 nitrogen and oxygen atoms in total. The van der Waals surface area contributed by atoms with Gasteiger partial charge < -0.3 is 4.90 Å². The van der Waals surface area contributed by atoms with Crippen LogP contribution >= 0.6 is 0 Å². The van der Waals surface area contributed by atoms with Crippen LogP contribution in [0, 0.1) is 0 Å². The molecule has 61 heavy (non-hydrogen) atoms. The van der Waals surface area contributed by atoms with Crippen LogP contribution in [0.1, 0.15) is 47.2 Å². The highest BCUT2D eigenvalue weighted by Crippen LogP contribution is 2.57. The monoisotopic (exact) mass is 777 g/mol. The van der Waals surface area contributed by atoms with Gasteiger partial charge in [-0.3, -0.25) is 0 Å². The van der Waals surface area contributed by atoms with Crippen LogP contribution in [0.2, 0.25) is 0 Å². The zero-order valence-electron chi connectivity index (χ0n) is 34.3. The van der Waals surface area contributed by atoms with E-state index in [4.69, 9.17) is 0 Å². The van der Waals surface area contributed by atoms with Crippen LogP contribution in [0.15, 0.2) is 224 Å². The molecule has 12 rings (SSSR count). The van der Waals surface area contributed by atoms with E-state index < -0.39 is 5.41 Å². The van der Waals surface area contributed by atoms with E-state index in [0.717, 1.165) is 17.1 Å². The maximum atomic E-state index is 2.47. The number of nitrogens with zero attached hydrogens (tertiary/aromatic N) is 1. The first-order valence-electron chi connectivity index (χ1n) is 21.4. The molecule has 0 spiro atoms. The van der Waals surface area contributed by atoms with Gasteiger partial charge in [-0.05, 0) is 131 Å². The van der Waals surface area contributed by atoms with Crippen LogP contribution in [0.25, 0.3) is 54.9 Å². The molecule has 2 aliphatic carbocycles. The molecule has 0 unspecified atom stereocenters. The van der Waals surface area contributed by atoms with Crippen molar-refractivity contribution >= 4 is 38.6 Å². The maximum absolute atomic E-state index is 2.47. The second-order valence-corrected chi connectivity index (χ2v) is 17.3. The van der Waals surface area contributed by atoms with E-state index in [0.29, 0.717) is 0 Å². The third-order valence-electron chi connectivity index (χ3n) is 13.7. The van der Waals surface area contributed by atoms with Gasteiger partial charge in [-0.1, -0.05) is 196 Å². The van der Waals surface area contributed by atoms with Crippen molar-refractivity contribution in [3.63, 3.8) is 0 Å². The molecule has 0 fully saturated rings. The molecule has 0 N–H and O–H groups in total. The van der Waals surface area contributed by atoms with Crippen molar-refractivity contribution in [2.24, 2.45) is 0 Å². The molecule has 288 valence electrons. The van der Waals surface area contributed by atoms with E-state index in [2.05, 4.69) is 243 Å². The Labute approximate surface area is 357 Å². The van der Waals surface area contributed by atoms with Crippen LogP contribution in [0.3, 0.4) is 0 Å². The fourth-order valence-electron chi connectivity index (χ4n) is 10.9. The average Bonchev–Trinajstić information content (AvgIpc) is 3.74. The zero-order chi connectivity index (χ0) is 40.7. The smallest absolute Gasteiger partial charge is 0.0714 e. The highest BCUT2D eigenvalue weighted by Gasteiger charge is 2.46. The summed E-state index contributed by atoms with van der Waals surface area (Å²) in [5.74, 6) is 0. The molecular formula is C60H43N. The summed E-state index contributed by atoms with van der Waals surface area (Å²) in [5.41, 5.74) is 18.3. The third kappa shape index (κ3) is 5.27. The molecule has 0 aromatic heterocycles. The van der Waals surface area contributed by atoms with E-state index >= 15 is 0 Å². The first-order valence-corrected chi connectivity index (χ1v) is 21.4. The van der Waals surface area contributed by atoms with Gasteiger partial charge in [0.1, 0.15) is 0 Å². The van der Waals surface area contributed by atoms with Gasteiger partial charge in [0, 0.05) is 22.5 Å². The zero-order valence-corrected chi connectivity index (χ0v) is 34.3. The predicted molar refractivity (Wildman–Crippen MR) is 256 cm³/mol. The van der Waals surface area contributed by atoms with Crippen LogP contribution < -0.4 is 4.90 Å². The Morgan fingerprint density at radius 2 is 0.852 bits per heavy atom. The quantitative estimate of drug-likeness (QED) is 0.152. The minimum atomic E-state index is -0.505. The van der Waals surface area contributed by atoms with Crippen molar-refractivity contribution in [3.05, 3.63) is 258 Å². The number of hydrogen-bond donors (Lipinski definition) is 0. The Balaban J connectivity index is 1.08. The summed E-state index contributed by atoms with van der Waals surface area (Å²) in [5, 5.41) is 5.00. The summed E-state index contributed by atoms with van der Waals surface area (Å²) in [6.45, 7) is 4.72. The van der Waals surface area contributed by atoms with Gasteiger partial charge in [-0.15, -0.1) is 0 Å². The summed E-state index contributed by atoms with van der Waals surface area (Å²) in [4.78, 5) is 2.47. The number of benzene rings is 10. The molecule has 0 heterocycles. The molecule has 2 aliphatic rings. The van der Waals surface area contributed by atoms with E-state index in [1.54, 1.807) is 0 Å². The molecular weight excluding hydrogens is 735 g/mol. The Morgan fingerprint density at radius 3 is 1.64 bits per heavy atom. The van der Waals surface area contributed by atoms with Gasteiger partial charge >= 0.3 is 0 Å². The fraction of sp³-hybridized carbons (Fsp3) is 0.0667. The Bertz CT molecular complexity index is 3300. The second kappa shape index (κ2) is 13.5. The highest BCUT2D eigenvalue weighted by molar-refractivity contribution is 6.08. The fourth-order valence-corrected chi connectivity index (χ4v) is 10.9. The van der Waals surface area contributed by atoms with Crippen LogP contribution in [0.4, 0.5) is 17.1 Å². The largest absolute Gasteiger partial charge is 0.310 e. The standard InChI is InChI=1S/C60H43N/c1-59(2)55-26-13-11-24-51(55)53-33-30-42(38-57(53)59)41-17-15-22-46(36-41)61(47-31-34-50-43(37-47)29-28-40-16-9-10-23-49(40)50)48-32-35-54-52-25-12-14-27-56(52)60(58(54)39-48,44-18-5-3-6-19-44)45-20-7-4-8-21-45/h3-39H,1-2H3. The molecule has 1 heteroatoms. The predicted octanol–water partition coefficient (Wildman–Crippen LogP) is 15.8. The first kappa shape index (κ1) is 35.5. The van der Waals surface area contributed by atoms with Crippen LogP contribution in [-0.4, -0.2) is 0 Å². The Hall–Kier alpha value is -7.48. The highest BCUT2D eigenvalue weighted by atomic mass is 15.1. The van der Waals surface area contributed by atoms with Gasteiger partial charge in [-0.25, -0.2) is 0 Å². The lowest BCUT2D eigenvalue weighted by atomic mass is 9.67. The van der Waals surface area contributed by atoms with Crippen molar-refractivity contribution < 1.29 is 0 Å². The molecule has 10 aromatic carbocycles. The topological polar surface area (TPSA) is 3.24 Å². The van der Waals surface area contributed by atoms with Crippen LogP contribution in [0.5, 0.6) is 0 Å². The van der Waals surface area contributed by atoms with E-state index in [1.807, 2.05) is 0 Å². The summed E-state index contributed by atoms with van der Waals surface area (Å²) in [6.07, 6.45) is 0. The van der Waals surface area contributed by atoms with E-state index in [1.165, 1.54) is 88.3 Å². The molecule has 10 aromatic rings. The van der Waals surface area contributed by atoms with Crippen molar-refractivity contribution in [3.8, 4) is 33.4 Å². The van der Waals surface area contributed by atoms with Gasteiger partial charge in [0.2, 0.25) is 0 Å². The number of fused-ring (bicyclic) bond motifs is 9. The summed E-state index contributed by atoms with van der Waals surface area (Å²) < 4.78 is 0. The molecule has 0 amide bonds. The second-order valence-electron chi connectivity index (χ2n) is 17.3.